The number of fused-ring (bicyclic) bond motifs is 1. The van der Waals surface area contributed by atoms with Crippen LogP contribution in [0.4, 0.5) is 10.1 Å². The molecule has 1 N–H and O–H groups in total. The molecular formula is C14H16ClFN2. The number of hydrogen-bond acceptors (Lipinski definition) is 2. The van der Waals surface area contributed by atoms with Gasteiger partial charge in [0.2, 0.25) is 0 Å². The summed E-state index contributed by atoms with van der Waals surface area (Å²) in [6, 6.07) is 5.36. The molecule has 2 rings (SSSR count). The Morgan fingerprint density at radius 2 is 2.11 bits per heavy atom. The molecule has 4 heteroatoms. The fourth-order valence-corrected chi connectivity index (χ4v) is 2.03. The summed E-state index contributed by atoms with van der Waals surface area (Å²) in [6.07, 6.45) is 1.78. The second kappa shape index (κ2) is 5.53. The maximum absolute atomic E-state index is 14.0. The van der Waals surface area contributed by atoms with Gasteiger partial charge in [-0.1, -0.05) is 25.4 Å². The van der Waals surface area contributed by atoms with Gasteiger partial charge in [-0.3, -0.25) is 0 Å². The molecule has 0 aliphatic rings. The third-order valence-corrected chi connectivity index (χ3v) is 3.15. The quantitative estimate of drug-likeness (QED) is 0.887. The number of anilines is 1. The molecule has 1 heterocycles. The number of nitrogens with one attached hydrogen (secondary N) is 1. The Balaban J connectivity index is 2.64. The van der Waals surface area contributed by atoms with Crippen LogP contribution in [0.15, 0.2) is 18.2 Å². The van der Waals surface area contributed by atoms with Gasteiger partial charge in [0.15, 0.2) is 5.82 Å². The lowest BCUT2D eigenvalue weighted by atomic mass is 10.1. The van der Waals surface area contributed by atoms with Crippen molar-refractivity contribution in [3.63, 3.8) is 0 Å². The molecule has 2 nitrogen and oxygen atoms in total. The molecule has 0 unspecified atom stereocenters. The summed E-state index contributed by atoms with van der Waals surface area (Å²) in [5, 5.41) is 4.20. The van der Waals surface area contributed by atoms with Crippen LogP contribution in [0.3, 0.4) is 0 Å². The molecule has 1 aromatic heterocycles. The van der Waals surface area contributed by atoms with Crippen LogP contribution in [-0.2, 0) is 6.42 Å². The SMILES string of the molecule is CCCNc1cc(CC)nc2c(F)c(Cl)ccc12. The van der Waals surface area contributed by atoms with Crippen molar-refractivity contribution >= 4 is 28.2 Å². The maximum atomic E-state index is 14.0. The first kappa shape index (κ1) is 13.1. The molecule has 1 aromatic carbocycles. The van der Waals surface area contributed by atoms with Crippen LogP contribution in [0.2, 0.25) is 5.02 Å². The van der Waals surface area contributed by atoms with Crippen molar-refractivity contribution in [1.29, 1.82) is 0 Å². The summed E-state index contributed by atoms with van der Waals surface area (Å²) in [4.78, 5) is 4.32. The highest BCUT2D eigenvalue weighted by molar-refractivity contribution is 6.31. The summed E-state index contributed by atoms with van der Waals surface area (Å²) in [7, 11) is 0. The Bertz CT molecular complexity index is 569. The van der Waals surface area contributed by atoms with Gasteiger partial charge in [0.25, 0.3) is 0 Å². The molecule has 0 spiro atoms. The average molecular weight is 267 g/mol. The molecule has 0 fully saturated rings. The average Bonchev–Trinajstić information content (AvgIpc) is 2.40. The van der Waals surface area contributed by atoms with E-state index in [1.165, 1.54) is 0 Å². The summed E-state index contributed by atoms with van der Waals surface area (Å²) in [5.41, 5.74) is 2.14. The number of hydrogen-bond donors (Lipinski definition) is 1. The Morgan fingerprint density at radius 1 is 1.33 bits per heavy atom. The number of pyridine rings is 1. The minimum Gasteiger partial charge on any atom is -0.384 e. The van der Waals surface area contributed by atoms with E-state index in [0.717, 1.165) is 36.2 Å². The van der Waals surface area contributed by atoms with E-state index in [4.69, 9.17) is 11.6 Å². The molecule has 96 valence electrons. The van der Waals surface area contributed by atoms with E-state index in [0.29, 0.717) is 5.52 Å². The monoisotopic (exact) mass is 266 g/mol. The van der Waals surface area contributed by atoms with Crippen molar-refractivity contribution in [2.45, 2.75) is 26.7 Å². The van der Waals surface area contributed by atoms with E-state index in [1.807, 2.05) is 19.1 Å². The summed E-state index contributed by atoms with van der Waals surface area (Å²) >= 11 is 5.80. The smallest absolute Gasteiger partial charge is 0.168 e. The number of nitrogens with zero attached hydrogens (tertiary/aromatic N) is 1. The van der Waals surface area contributed by atoms with Crippen molar-refractivity contribution < 1.29 is 4.39 Å². The van der Waals surface area contributed by atoms with Crippen LogP contribution >= 0.6 is 11.6 Å². The minimum absolute atomic E-state index is 0.115. The second-order valence-electron chi connectivity index (χ2n) is 4.20. The molecule has 0 bridgehead atoms. The van der Waals surface area contributed by atoms with Gasteiger partial charge < -0.3 is 5.32 Å². The highest BCUT2D eigenvalue weighted by Crippen LogP contribution is 2.29. The lowest BCUT2D eigenvalue weighted by Crippen LogP contribution is -2.03. The molecule has 2 aromatic rings. The molecule has 0 radical (unpaired) electrons. The first-order chi connectivity index (χ1) is 8.67. The number of halogens is 2. The van der Waals surface area contributed by atoms with E-state index < -0.39 is 5.82 Å². The van der Waals surface area contributed by atoms with E-state index >= 15 is 0 Å². The van der Waals surface area contributed by atoms with Crippen molar-refractivity contribution in [2.75, 3.05) is 11.9 Å². The largest absolute Gasteiger partial charge is 0.384 e. The van der Waals surface area contributed by atoms with Gasteiger partial charge in [-0.15, -0.1) is 0 Å². The van der Waals surface area contributed by atoms with Gasteiger partial charge in [-0.2, -0.15) is 0 Å². The summed E-state index contributed by atoms with van der Waals surface area (Å²) in [6.45, 7) is 4.95. The predicted molar refractivity (Wildman–Crippen MR) is 74.9 cm³/mol. The zero-order valence-corrected chi connectivity index (χ0v) is 11.3. The highest BCUT2D eigenvalue weighted by atomic mass is 35.5. The normalized spacial score (nSPS) is 10.9. The molecule has 0 saturated heterocycles. The first-order valence-corrected chi connectivity index (χ1v) is 6.56. The van der Waals surface area contributed by atoms with Crippen LogP contribution in [-0.4, -0.2) is 11.5 Å². The number of aryl methyl sites for hydroxylation is 1. The zero-order chi connectivity index (χ0) is 13.1. The number of rotatable bonds is 4. The van der Waals surface area contributed by atoms with Gasteiger partial charge in [-0.25, -0.2) is 9.37 Å². The lowest BCUT2D eigenvalue weighted by molar-refractivity contribution is 0.636. The minimum atomic E-state index is -0.441. The van der Waals surface area contributed by atoms with Crippen molar-refractivity contribution in [3.05, 3.63) is 34.7 Å². The van der Waals surface area contributed by atoms with E-state index in [2.05, 4.69) is 17.2 Å². The standard InChI is InChI=1S/C14H16ClFN2/c1-3-7-17-12-8-9(4-2)18-14-10(12)5-6-11(15)13(14)16/h5-6,8H,3-4,7H2,1-2H3,(H,17,18). The zero-order valence-electron chi connectivity index (χ0n) is 10.6. The highest BCUT2D eigenvalue weighted by Gasteiger charge is 2.11. The first-order valence-electron chi connectivity index (χ1n) is 6.18. The number of benzene rings is 1. The predicted octanol–water partition coefficient (Wildman–Crippen LogP) is 4.41. The van der Waals surface area contributed by atoms with Gasteiger partial charge in [0, 0.05) is 23.3 Å². The van der Waals surface area contributed by atoms with Crippen LogP contribution in [0.25, 0.3) is 10.9 Å². The van der Waals surface area contributed by atoms with Crippen LogP contribution < -0.4 is 5.32 Å². The van der Waals surface area contributed by atoms with Gasteiger partial charge in [0.1, 0.15) is 5.52 Å². The second-order valence-corrected chi connectivity index (χ2v) is 4.61. The summed E-state index contributed by atoms with van der Waals surface area (Å²) in [5.74, 6) is -0.441. The number of aromatic nitrogens is 1. The molecule has 0 amide bonds. The lowest BCUT2D eigenvalue weighted by Gasteiger charge is -2.11. The maximum Gasteiger partial charge on any atom is 0.168 e. The molecule has 0 atom stereocenters. The fraction of sp³-hybridized carbons (Fsp3) is 0.357. The topological polar surface area (TPSA) is 24.9 Å². The molecular weight excluding hydrogens is 251 g/mol. The third-order valence-electron chi connectivity index (χ3n) is 2.85. The molecule has 18 heavy (non-hydrogen) atoms. The Kier molecular flexibility index (Phi) is 4.02. The Hall–Kier alpha value is -1.35. The molecule has 0 aliphatic heterocycles. The van der Waals surface area contributed by atoms with Crippen LogP contribution in [0.1, 0.15) is 26.0 Å². The molecule has 0 aliphatic carbocycles. The molecule has 0 saturated carbocycles. The van der Waals surface area contributed by atoms with E-state index in [-0.39, 0.29) is 5.02 Å². The van der Waals surface area contributed by atoms with Crippen molar-refractivity contribution in [3.8, 4) is 0 Å². The van der Waals surface area contributed by atoms with Crippen LogP contribution in [0.5, 0.6) is 0 Å². The van der Waals surface area contributed by atoms with Crippen molar-refractivity contribution in [2.24, 2.45) is 0 Å². The van der Waals surface area contributed by atoms with E-state index in [9.17, 15) is 4.39 Å². The van der Waals surface area contributed by atoms with Crippen molar-refractivity contribution in [1.82, 2.24) is 4.98 Å². The van der Waals surface area contributed by atoms with E-state index in [1.54, 1.807) is 6.07 Å². The van der Waals surface area contributed by atoms with Gasteiger partial charge in [-0.05, 0) is 31.0 Å². The third kappa shape index (κ3) is 2.41. The summed E-state index contributed by atoms with van der Waals surface area (Å²) < 4.78 is 14.0. The van der Waals surface area contributed by atoms with Gasteiger partial charge >= 0.3 is 0 Å². The Labute approximate surface area is 111 Å². The van der Waals surface area contributed by atoms with Gasteiger partial charge in [0.05, 0.1) is 5.02 Å². The van der Waals surface area contributed by atoms with Crippen LogP contribution in [0, 0.1) is 5.82 Å². The fourth-order valence-electron chi connectivity index (χ4n) is 1.87. The Morgan fingerprint density at radius 3 is 2.78 bits per heavy atom.